The average Bonchev–Trinajstić information content (AvgIpc) is 3.08. The molecule has 0 aromatic heterocycles. The van der Waals surface area contributed by atoms with Gasteiger partial charge in [-0.05, 0) is 57.5 Å². The van der Waals surface area contributed by atoms with Crippen LogP contribution in [0.25, 0.3) is 0 Å². The Morgan fingerprint density at radius 2 is 2.04 bits per heavy atom. The Labute approximate surface area is 181 Å². The fraction of sp³-hybridized carbons (Fsp3) is 0.650. The van der Waals surface area contributed by atoms with Crippen LogP contribution in [0.15, 0.2) is 29.3 Å². The van der Waals surface area contributed by atoms with Gasteiger partial charge >= 0.3 is 0 Å². The van der Waals surface area contributed by atoms with E-state index in [-0.39, 0.29) is 24.0 Å². The molecule has 1 aromatic carbocycles. The van der Waals surface area contributed by atoms with Crippen LogP contribution < -0.4 is 15.4 Å². The molecule has 1 aliphatic rings. The Hall–Kier alpha value is -1.06. The van der Waals surface area contributed by atoms with Crippen molar-refractivity contribution in [3.63, 3.8) is 0 Å². The topological polar surface area (TPSA) is 58.1 Å². The van der Waals surface area contributed by atoms with Crippen molar-refractivity contribution in [3.8, 4) is 5.75 Å². The van der Waals surface area contributed by atoms with Crippen LogP contribution in [0.2, 0.25) is 0 Å². The molecular formula is C20H35IN4O2. The van der Waals surface area contributed by atoms with E-state index >= 15 is 0 Å². The first-order valence-corrected chi connectivity index (χ1v) is 9.66. The molecule has 7 heteroatoms. The van der Waals surface area contributed by atoms with E-state index in [2.05, 4.69) is 34.7 Å². The second-order valence-corrected chi connectivity index (χ2v) is 6.65. The number of nitrogens with zero attached hydrogens (tertiary/aromatic N) is 2. The number of halogens is 1. The molecule has 1 fully saturated rings. The van der Waals surface area contributed by atoms with E-state index in [0.717, 1.165) is 44.4 Å². The molecule has 154 valence electrons. The normalized spacial score (nSPS) is 17.4. The average molecular weight is 490 g/mol. The lowest BCUT2D eigenvalue weighted by Gasteiger charge is -2.21. The third-order valence-corrected chi connectivity index (χ3v) is 4.72. The molecule has 27 heavy (non-hydrogen) atoms. The highest BCUT2D eigenvalue weighted by Crippen LogP contribution is 2.14. The van der Waals surface area contributed by atoms with Gasteiger partial charge in [0.05, 0.1) is 13.7 Å². The van der Waals surface area contributed by atoms with Crippen LogP contribution in [0.5, 0.6) is 5.75 Å². The van der Waals surface area contributed by atoms with Gasteiger partial charge in [-0.3, -0.25) is 0 Å². The number of nitrogens with one attached hydrogen (secondary N) is 2. The Kier molecular flexibility index (Phi) is 12.4. The van der Waals surface area contributed by atoms with Gasteiger partial charge in [0, 0.05) is 32.3 Å². The van der Waals surface area contributed by atoms with E-state index in [1.54, 1.807) is 7.11 Å². The maximum atomic E-state index is 5.40. The maximum absolute atomic E-state index is 5.40. The predicted molar refractivity (Wildman–Crippen MR) is 122 cm³/mol. The molecule has 1 unspecified atom stereocenters. The lowest BCUT2D eigenvalue weighted by molar-refractivity contribution is 0.145. The van der Waals surface area contributed by atoms with Crippen LogP contribution >= 0.6 is 24.0 Å². The second-order valence-electron chi connectivity index (χ2n) is 6.65. The van der Waals surface area contributed by atoms with Gasteiger partial charge in [-0.25, -0.2) is 4.99 Å². The number of likely N-dealkylation sites (tertiary alicyclic amines) is 1. The number of aliphatic imine (C=N–C) groups is 1. The molecule has 1 saturated heterocycles. The molecule has 2 rings (SSSR count). The van der Waals surface area contributed by atoms with Crippen molar-refractivity contribution >= 4 is 29.9 Å². The van der Waals surface area contributed by atoms with Gasteiger partial charge in [0.15, 0.2) is 5.96 Å². The van der Waals surface area contributed by atoms with Crippen molar-refractivity contribution in [2.75, 3.05) is 47.0 Å². The molecule has 0 spiro atoms. The minimum absolute atomic E-state index is 0. The highest BCUT2D eigenvalue weighted by molar-refractivity contribution is 14.0. The summed E-state index contributed by atoms with van der Waals surface area (Å²) in [5.41, 5.74) is 1.17. The SMILES string of the molecule is CCOCCCNC(=NCc1ccc(OC)cc1)NCC1CCCN1C.I. The minimum atomic E-state index is 0. The minimum Gasteiger partial charge on any atom is -0.497 e. The Morgan fingerprint density at radius 1 is 1.26 bits per heavy atom. The molecular weight excluding hydrogens is 455 g/mol. The first-order valence-electron chi connectivity index (χ1n) is 9.66. The smallest absolute Gasteiger partial charge is 0.191 e. The highest BCUT2D eigenvalue weighted by Gasteiger charge is 2.20. The lowest BCUT2D eigenvalue weighted by Crippen LogP contribution is -2.44. The van der Waals surface area contributed by atoms with Crippen molar-refractivity contribution in [2.45, 2.75) is 38.8 Å². The van der Waals surface area contributed by atoms with E-state index in [1.165, 1.54) is 24.9 Å². The number of benzene rings is 1. The number of hydrogen-bond donors (Lipinski definition) is 2. The summed E-state index contributed by atoms with van der Waals surface area (Å²) >= 11 is 0. The summed E-state index contributed by atoms with van der Waals surface area (Å²) in [5.74, 6) is 1.74. The first kappa shape index (κ1) is 24.0. The standard InChI is InChI=1S/C20H34N4O2.HI/c1-4-26-14-6-12-21-20(23-16-18-7-5-13-24(18)2)22-15-17-8-10-19(25-3)11-9-17;/h8-11,18H,4-7,12-16H2,1-3H3,(H2,21,22,23);1H. The Morgan fingerprint density at radius 3 is 2.67 bits per heavy atom. The van der Waals surface area contributed by atoms with Crippen LogP contribution in [-0.2, 0) is 11.3 Å². The number of methoxy groups -OCH3 is 1. The van der Waals surface area contributed by atoms with Crippen LogP contribution in [0.1, 0.15) is 31.7 Å². The zero-order valence-electron chi connectivity index (χ0n) is 16.9. The number of guanidine groups is 1. The monoisotopic (exact) mass is 490 g/mol. The van der Waals surface area contributed by atoms with Crippen LogP contribution in [0, 0.1) is 0 Å². The molecule has 0 amide bonds. The lowest BCUT2D eigenvalue weighted by atomic mass is 10.2. The highest BCUT2D eigenvalue weighted by atomic mass is 127. The number of ether oxygens (including phenoxy) is 2. The van der Waals surface area contributed by atoms with E-state index in [9.17, 15) is 0 Å². The van der Waals surface area contributed by atoms with Gasteiger partial charge in [0.1, 0.15) is 5.75 Å². The molecule has 1 aliphatic heterocycles. The quantitative estimate of drug-likeness (QED) is 0.229. The van der Waals surface area contributed by atoms with Gasteiger partial charge in [0.2, 0.25) is 0 Å². The molecule has 1 heterocycles. The number of likely N-dealkylation sites (N-methyl/N-ethyl adjacent to an activating group) is 1. The predicted octanol–water partition coefficient (Wildman–Crippen LogP) is 2.87. The van der Waals surface area contributed by atoms with E-state index in [1.807, 2.05) is 19.1 Å². The maximum Gasteiger partial charge on any atom is 0.191 e. The molecule has 0 bridgehead atoms. The molecule has 2 N–H and O–H groups in total. The zero-order valence-corrected chi connectivity index (χ0v) is 19.2. The first-order chi connectivity index (χ1) is 12.7. The van der Waals surface area contributed by atoms with E-state index in [0.29, 0.717) is 12.6 Å². The molecule has 1 aromatic rings. The molecule has 1 atom stereocenters. The van der Waals surface area contributed by atoms with Crippen LogP contribution in [0.3, 0.4) is 0 Å². The summed E-state index contributed by atoms with van der Waals surface area (Å²) in [6, 6.07) is 8.65. The van der Waals surface area contributed by atoms with Crippen molar-refractivity contribution in [1.82, 2.24) is 15.5 Å². The summed E-state index contributed by atoms with van der Waals surface area (Å²) in [6.07, 6.45) is 3.50. The Balaban J connectivity index is 0.00000364. The van der Waals surface area contributed by atoms with Gasteiger partial charge in [-0.1, -0.05) is 12.1 Å². The summed E-state index contributed by atoms with van der Waals surface area (Å²) in [4.78, 5) is 7.17. The van der Waals surface area contributed by atoms with Crippen molar-refractivity contribution in [2.24, 2.45) is 4.99 Å². The third kappa shape index (κ3) is 9.12. The van der Waals surface area contributed by atoms with E-state index < -0.39 is 0 Å². The number of hydrogen-bond acceptors (Lipinski definition) is 4. The molecule has 0 aliphatic carbocycles. The Bertz CT molecular complexity index is 539. The van der Waals surface area contributed by atoms with Crippen molar-refractivity contribution in [1.29, 1.82) is 0 Å². The summed E-state index contributed by atoms with van der Waals surface area (Å²) in [6.45, 7) is 7.18. The molecule has 0 saturated carbocycles. The summed E-state index contributed by atoms with van der Waals surface area (Å²) in [5, 5.41) is 6.93. The van der Waals surface area contributed by atoms with Crippen molar-refractivity contribution in [3.05, 3.63) is 29.8 Å². The fourth-order valence-electron chi connectivity index (χ4n) is 3.05. The fourth-order valence-corrected chi connectivity index (χ4v) is 3.05. The van der Waals surface area contributed by atoms with Gasteiger partial charge in [-0.15, -0.1) is 24.0 Å². The second kappa shape index (κ2) is 14.0. The third-order valence-electron chi connectivity index (χ3n) is 4.72. The summed E-state index contributed by atoms with van der Waals surface area (Å²) < 4.78 is 10.6. The zero-order chi connectivity index (χ0) is 18.6. The largest absolute Gasteiger partial charge is 0.497 e. The van der Waals surface area contributed by atoms with E-state index in [4.69, 9.17) is 14.5 Å². The number of rotatable bonds is 10. The van der Waals surface area contributed by atoms with Crippen molar-refractivity contribution < 1.29 is 9.47 Å². The van der Waals surface area contributed by atoms with Crippen LogP contribution in [-0.4, -0.2) is 63.9 Å². The summed E-state index contributed by atoms with van der Waals surface area (Å²) in [7, 11) is 3.88. The van der Waals surface area contributed by atoms with Gasteiger partial charge in [-0.2, -0.15) is 0 Å². The molecule has 6 nitrogen and oxygen atoms in total. The van der Waals surface area contributed by atoms with Crippen LogP contribution in [0.4, 0.5) is 0 Å². The molecule has 0 radical (unpaired) electrons. The van der Waals surface area contributed by atoms with Gasteiger partial charge in [0.25, 0.3) is 0 Å². The van der Waals surface area contributed by atoms with Gasteiger partial charge < -0.3 is 25.0 Å².